The SMILES string of the molecule is CCOCC(C)NS(=O)(=O)c1n[nH]c(C)c1CN. The van der Waals surface area contributed by atoms with Gasteiger partial charge in [0.25, 0.3) is 10.0 Å². The Morgan fingerprint density at radius 2 is 2.22 bits per heavy atom. The molecule has 1 aromatic rings. The first-order valence-electron chi connectivity index (χ1n) is 5.76. The van der Waals surface area contributed by atoms with E-state index in [2.05, 4.69) is 14.9 Å². The van der Waals surface area contributed by atoms with Crippen LogP contribution >= 0.6 is 0 Å². The van der Waals surface area contributed by atoms with Gasteiger partial charge >= 0.3 is 0 Å². The molecule has 1 aromatic heterocycles. The number of aryl methyl sites for hydroxylation is 1. The molecule has 0 aliphatic heterocycles. The standard InChI is InChI=1S/C10H20N4O3S/c1-4-17-6-7(2)14-18(15,16)10-9(5-11)8(3)12-13-10/h7,14H,4-6,11H2,1-3H3,(H,12,13). The van der Waals surface area contributed by atoms with Gasteiger partial charge < -0.3 is 10.5 Å². The predicted octanol–water partition coefficient (Wildman–Crippen LogP) is -0.120. The molecule has 0 bridgehead atoms. The highest BCUT2D eigenvalue weighted by atomic mass is 32.2. The molecule has 0 spiro atoms. The summed E-state index contributed by atoms with van der Waals surface area (Å²) in [6.45, 7) is 6.30. The van der Waals surface area contributed by atoms with E-state index in [1.165, 1.54) is 0 Å². The van der Waals surface area contributed by atoms with Crippen molar-refractivity contribution in [3.8, 4) is 0 Å². The van der Waals surface area contributed by atoms with Crippen molar-refractivity contribution >= 4 is 10.0 Å². The maximum atomic E-state index is 12.1. The van der Waals surface area contributed by atoms with E-state index in [-0.39, 0.29) is 17.6 Å². The Bertz CT molecular complexity index is 483. The molecule has 4 N–H and O–H groups in total. The maximum Gasteiger partial charge on any atom is 0.260 e. The number of H-pyrrole nitrogens is 1. The number of hydrogen-bond donors (Lipinski definition) is 3. The van der Waals surface area contributed by atoms with Gasteiger partial charge in [0, 0.05) is 30.5 Å². The molecule has 1 rings (SSSR count). The third kappa shape index (κ3) is 3.52. The minimum absolute atomic E-state index is 0.0363. The summed E-state index contributed by atoms with van der Waals surface area (Å²) in [4.78, 5) is 0. The molecule has 0 saturated heterocycles. The van der Waals surface area contributed by atoms with Gasteiger partial charge in [0.05, 0.1) is 6.61 Å². The first-order valence-corrected chi connectivity index (χ1v) is 7.24. The van der Waals surface area contributed by atoms with E-state index < -0.39 is 10.0 Å². The largest absolute Gasteiger partial charge is 0.380 e. The zero-order valence-corrected chi connectivity index (χ0v) is 11.7. The lowest BCUT2D eigenvalue weighted by molar-refractivity contribution is 0.133. The minimum Gasteiger partial charge on any atom is -0.380 e. The lowest BCUT2D eigenvalue weighted by Gasteiger charge is -2.13. The second-order valence-electron chi connectivity index (χ2n) is 4.02. The summed E-state index contributed by atoms with van der Waals surface area (Å²) in [6.07, 6.45) is 0. The van der Waals surface area contributed by atoms with Gasteiger partial charge in [-0.3, -0.25) is 5.10 Å². The van der Waals surface area contributed by atoms with Crippen molar-refractivity contribution in [3.63, 3.8) is 0 Å². The Labute approximate surface area is 107 Å². The van der Waals surface area contributed by atoms with Crippen LogP contribution in [0.4, 0.5) is 0 Å². The fraction of sp³-hybridized carbons (Fsp3) is 0.700. The molecule has 7 nitrogen and oxygen atoms in total. The number of sulfonamides is 1. The van der Waals surface area contributed by atoms with E-state index in [9.17, 15) is 8.42 Å². The zero-order chi connectivity index (χ0) is 13.8. The summed E-state index contributed by atoms with van der Waals surface area (Å²) in [7, 11) is -3.66. The van der Waals surface area contributed by atoms with Crippen LogP contribution in [0.5, 0.6) is 0 Å². The van der Waals surface area contributed by atoms with Gasteiger partial charge in [-0.2, -0.15) is 5.10 Å². The molecule has 104 valence electrons. The van der Waals surface area contributed by atoms with Gasteiger partial charge in [-0.1, -0.05) is 0 Å². The Kier molecular flexibility index (Phi) is 5.27. The summed E-state index contributed by atoms with van der Waals surface area (Å²) in [5.74, 6) is 0. The molecular weight excluding hydrogens is 256 g/mol. The van der Waals surface area contributed by atoms with Gasteiger partial charge in [0.1, 0.15) is 0 Å². The second kappa shape index (κ2) is 6.28. The van der Waals surface area contributed by atoms with Crippen molar-refractivity contribution in [2.75, 3.05) is 13.2 Å². The second-order valence-corrected chi connectivity index (χ2v) is 5.65. The third-order valence-electron chi connectivity index (χ3n) is 2.42. The number of hydrogen-bond acceptors (Lipinski definition) is 5. The number of ether oxygens (including phenoxy) is 1. The molecule has 1 atom stereocenters. The van der Waals surface area contributed by atoms with Crippen LogP contribution in [0.3, 0.4) is 0 Å². The minimum atomic E-state index is -3.66. The van der Waals surface area contributed by atoms with E-state index in [0.717, 1.165) is 0 Å². The highest BCUT2D eigenvalue weighted by molar-refractivity contribution is 7.89. The molecule has 0 radical (unpaired) electrons. The summed E-state index contributed by atoms with van der Waals surface area (Å²) >= 11 is 0. The summed E-state index contributed by atoms with van der Waals surface area (Å²) in [5, 5.41) is 6.39. The Balaban J connectivity index is 2.86. The number of nitrogens with zero attached hydrogens (tertiary/aromatic N) is 1. The van der Waals surface area contributed by atoms with Crippen LogP contribution in [-0.2, 0) is 21.3 Å². The first kappa shape index (κ1) is 15.1. The molecule has 0 amide bonds. The van der Waals surface area contributed by atoms with Gasteiger partial charge in [0.2, 0.25) is 0 Å². The fourth-order valence-electron chi connectivity index (χ4n) is 1.54. The van der Waals surface area contributed by atoms with Gasteiger partial charge in [-0.25, -0.2) is 13.1 Å². The lowest BCUT2D eigenvalue weighted by Crippen LogP contribution is -2.36. The van der Waals surface area contributed by atoms with Gasteiger partial charge in [0.15, 0.2) is 5.03 Å². The molecule has 0 fully saturated rings. The molecule has 0 saturated carbocycles. The number of aromatic amines is 1. The van der Waals surface area contributed by atoms with E-state index >= 15 is 0 Å². The van der Waals surface area contributed by atoms with Crippen LogP contribution in [0.15, 0.2) is 5.03 Å². The highest BCUT2D eigenvalue weighted by Gasteiger charge is 2.24. The van der Waals surface area contributed by atoms with Crippen molar-refractivity contribution in [1.82, 2.24) is 14.9 Å². The normalized spacial score (nSPS) is 13.8. The monoisotopic (exact) mass is 276 g/mol. The van der Waals surface area contributed by atoms with E-state index in [1.54, 1.807) is 13.8 Å². The molecular formula is C10H20N4O3S. The number of aromatic nitrogens is 2. The van der Waals surface area contributed by atoms with E-state index in [0.29, 0.717) is 24.5 Å². The van der Waals surface area contributed by atoms with E-state index in [4.69, 9.17) is 10.5 Å². The summed E-state index contributed by atoms with van der Waals surface area (Å²) in [5.41, 5.74) is 6.69. The Morgan fingerprint density at radius 1 is 1.56 bits per heavy atom. The summed E-state index contributed by atoms with van der Waals surface area (Å²) < 4.78 is 31.9. The molecule has 0 aliphatic carbocycles. The maximum absolute atomic E-state index is 12.1. The molecule has 1 heterocycles. The third-order valence-corrected chi connectivity index (χ3v) is 3.98. The van der Waals surface area contributed by atoms with Crippen molar-refractivity contribution in [2.45, 2.75) is 38.4 Å². The van der Waals surface area contributed by atoms with Crippen LogP contribution in [-0.4, -0.2) is 37.9 Å². The Morgan fingerprint density at radius 3 is 2.78 bits per heavy atom. The molecule has 0 aromatic carbocycles. The van der Waals surface area contributed by atoms with E-state index in [1.807, 2.05) is 6.92 Å². The molecule has 18 heavy (non-hydrogen) atoms. The van der Waals surface area contributed by atoms with Crippen molar-refractivity contribution < 1.29 is 13.2 Å². The van der Waals surface area contributed by atoms with Crippen molar-refractivity contribution in [2.24, 2.45) is 5.73 Å². The van der Waals surface area contributed by atoms with Crippen LogP contribution in [0.25, 0.3) is 0 Å². The van der Waals surface area contributed by atoms with Crippen LogP contribution in [0.1, 0.15) is 25.1 Å². The van der Waals surface area contributed by atoms with Crippen LogP contribution < -0.4 is 10.5 Å². The molecule has 1 unspecified atom stereocenters. The molecule has 8 heteroatoms. The first-order chi connectivity index (χ1) is 8.42. The topological polar surface area (TPSA) is 110 Å². The van der Waals surface area contributed by atoms with Crippen molar-refractivity contribution in [1.29, 1.82) is 0 Å². The Hall–Kier alpha value is -0.960. The summed E-state index contributed by atoms with van der Waals surface area (Å²) in [6, 6.07) is -0.322. The quantitative estimate of drug-likeness (QED) is 0.643. The fourth-order valence-corrected chi connectivity index (χ4v) is 2.98. The number of rotatable bonds is 7. The number of nitrogens with one attached hydrogen (secondary N) is 2. The average molecular weight is 276 g/mol. The molecule has 0 aliphatic rings. The van der Waals surface area contributed by atoms with Crippen LogP contribution in [0.2, 0.25) is 0 Å². The number of nitrogens with two attached hydrogens (primary N) is 1. The smallest absolute Gasteiger partial charge is 0.260 e. The lowest BCUT2D eigenvalue weighted by atomic mass is 10.3. The predicted molar refractivity (Wildman–Crippen MR) is 67.5 cm³/mol. The van der Waals surface area contributed by atoms with Gasteiger partial charge in [-0.15, -0.1) is 0 Å². The van der Waals surface area contributed by atoms with Crippen molar-refractivity contribution in [3.05, 3.63) is 11.3 Å². The highest BCUT2D eigenvalue weighted by Crippen LogP contribution is 2.15. The average Bonchev–Trinajstić information content (AvgIpc) is 2.67. The van der Waals surface area contributed by atoms with Gasteiger partial charge in [-0.05, 0) is 20.8 Å². The zero-order valence-electron chi connectivity index (χ0n) is 10.9. The van der Waals surface area contributed by atoms with Crippen LogP contribution in [0, 0.1) is 6.92 Å².